The second-order valence-electron chi connectivity index (χ2n) is 4.01. The smallest absolute Gasteiger partial charge is 0.326 e. The van der Waals surface area contributed by atoms with Gasteiger partial charge in [0.1, 0.15) is 6.04 Å². The van der Waals surface area contributed by atoms with Gasteiger partial charge in [-0.05, 0) is 36.9 Å². The van der Waals surface area contributed by atoms with E-state index in [0.717, 1.165) is 4.90 Å². The van der Waals surface area contributed by atoms with Crippen molar-refractivity contribution in [2.45, 2.75) is 30.7 Å². The molecule has 0 aliphatic carbocycles. The summed E-state index contributed by atoms with van der Waals surface area (Å²) in [5.74, 6) is -1.02. The fourth-order valence-corrected chi connectivity index (χ4v) is 1.95. The number of urea groups is 1. The Bertz CT molecular complexity index is 434. The third kappa shape index (κ3) is 5.21. The van der Waals surface area contributed by atoms with Crippen molar-refractivity contribution >= 4 is 29.4 Å². The molecule has 0 spiro atoms. The molecule has 0 radical (unpaired) electrons. The summed E-state index contributed by atoms with van der Waals surface area (Å²) < 4.78 is 0. The van der Waals surface area contributed by atoms with Gasteiger partial charge in [-0.1, -0.05) is 13.3 Å². The van der Waals surface area contributed by atoms with Crippen molar-refractivity contribution < 1.29 is 14.7 Å². The quantitative estimate of drug-likeness (QED) is 0.701. The maximum atomic E-state index is 11.7. The second kappa shape index (κ2) is 7.68. The summed E-state index contributed by atoms with van der Waals surface area (Å²) in [5.41, 5.74) is 0.635. The summed E-state index contributed by atoms with van der Waals surface area (Å²) in [4.78, 5) is 23.7. The summed E-state index contributed by atoms with van der Waals surface area (Å²) in [5, 5.41) is 14.0. The van der Waals surface area contributed by atoms with Crippen LogP contribution in [0.3, 0.4) is 0 Å². The van der Waals surface area contributed by atoms with Crippen molar-refractivity contribution in [3.05, 3.63) is 24.3 Å². The Morgan fingerprint density at radius 2 is 1.95 bits per heavy atom. The lowest BCUT2D eigenvalue weighted by Gasteiger charge is -2.14. The van der Waals surface area contributed by atoms with Crippen LogP contribution in [0.15, 0.2) is 29.2 Å². The lowest BCUT2D eigenvalue weighted by Crippen LogP contribution is -2.42. The molecule has 5 nitrogen and oxygen atoms in total. The Balaban J connectivity index is 2.55. The lowest BCUT2D eigenvalue weighted by molar-refractivity contribution is -0.139. The minimum atomic E-state index is -1.02. The van der Waals surface area contributed by atoms with Gasteiger partial charge in [-0.3, -0.25) is 0 Å². The molecule has 0 saturated heterocycles. The summed E-state index contributed by atoms with van der Waals surface area (Å²) in [7, 11) is 0. The largest absolute Gasteiger partial charge is 0.480 e. The molecule has 0 bridgehead atoms. The van der Waals surface area contributed by atoms with E-state index >= 15 is 0 Å². The van der Waals surface area contributed by atoms with Crippen LogP contribution in [0.2, 0.25) is 0 Å². The average Bonchev–Trinajstić information content (AvgIpc) is 2.39. The minimum absolute atomic E-state index is 0.411. The Labute approximate surface area is 116 Å². The van der Waals surface area contributed by atoms with Crippen molar-refractivity contribution in [1.82, 2.24) is 5.32 Å². The number of thioether (sulfide) groups is 1. The standard InChI is InChI=1S/C13H18N2O3S/c1-3-4-11(12(16)17)15-13(18)14-9-5-7-10(19-2)8-6-9/h5-8,11H,3-4H2,1-2H3,(H,16,17)(H2,14,15,18)/t11-/m1/s1. The highest BCUT2D eigenvalue weighted by atomic mass is 32.2. The monoisotopic (exact) mass is 282 g/mol. The summed E-state index contributed by atoms with van der Waals surface area (Å²) in [6.45, 7) is 1.87. The van der Waals surface area contributed by atoms with E-state index in [2.05, 4.69) is 10.6 Å². The fraction of sp³-hybridized carbons (Fsp3) is 0.385. The van der Waals surface area contributed by atoms with E-state index in [1.165, 1.54) is 0 Å². The van der Waals surface area contributed by atoms with Gasteiger partial charge in [-0.25, -0.2) is 9.59 Å². The topological polar surface area (TPSA) is 78.4 Å². The normalized spacial score (nSPS) is 11.7. The van der Waals surface area contributed by atoms with Crippen molar-refractivity contribution in [2.24, 2.45) is 0 Å². The van der Waals surface area contributed by atoms with Gasteiger partial charge >= 0.3 is 12.0 Å². The first-order valence-electron chi connectivity index (χ1n) is 6.01. The fourth-order valence-electron chi connectivity index (χ4n) is 1.55. The summed E-state index contributed by atoms with van der Waals surface area (Å²) >= 11 is 1.61. The predicted octanol–water partition coefficient (Wildman–Crippen LogP) is 2.78. The Hall–Kier alpha value is -1.69. The molecule has 104 valence electrons. The van der Waals surface area contributed by atoms with E-state index in [-0.39, 0.29) is 0 Å². The lowest BCUT2D eigenvalue weighted by atomic mass is 10.2. The number of hydrogen-bond donors (Lipinski definition) is 3. The number of amides is 2. The van der Waals surface area contributed by atoms with Crippen LogP contribution in [-0.4, -0.2) is 29.4 Å². The van der Waals surface area contributed by atoms with Crippen LogP contribution in [-0.2, 0) is 4.79 Å². The first kappa shape index (κ1) is 15.4. The van der Waals surface area contributed by atoms with Crippen LogP contribution in [0.5, 0.6) is 0 Å². The van der Waals surface area contributed by atoms with Gasteiger partial charge in [0, 0.05) is 10.6 Å². The number of hydrogen-bond acceptors (Lipinski definition) is 3. The third-order valence-electron chi connectivity index (χ3n) is 2.53. The molecular formula is C13H18N2O3S. The van der Waals surface area contributed by atoms with Crippen molar-refractivity contribution in [2.75, 3.05) is 11.6 Å². The number of benzene rings is 1. The molecule has 1 atom stereocenters. The zero-order valence-electron chi connectivity index (χ0n) is 11.0. The highest BCUT2D eigenvalue weighted by molar-refractivity contribution is 7.98. The molecular weight excluding hydrogens is 264 g/mol. The van der Waals surface area contributed by atoms with E-state index in [0.29, 0.717) is 18.5 Å². The molecule has 0 aliphatic rings. The van der Waals surface area contributed by atoms with Gasteiger partial charge in [0.25, 0.3) is 0 Å². The number of carbonyl (C=O) groups excluding carboxylic acids is 1. The maximum absolute atomic E-state index is 11.7. The maximum Gasteiger partial charge on any atom is 0.326 e. The average molecular weight is 282 g/mol. The van der Waals surface area contributed by atoms with E-state index in [4.69, 9.17) is 5.11 Å². The summed E-state index contributed by atoms with van der Waals surface area (Å²) in [6.07, 6.45) is 3.07. The van der Waals surface area contributed by atoms with E-state index < -0.39 is 18.0 Å². The molecule has 6 heteroatoms. The van der Waals surface area contributed by atoms with Crippen LogP contribution in [0.4, 0.5) is 10.5 Å². The van der Waals surface area contributed by atoms with Gasteiger partial charge in [-0.2, -0.15) is 0 Å². The molecule has 19 heavy (non-hydrogen) atoms. The zero-order chi connectivity index (χ0) is 14.3. The number of nitrogens with one attached hydrogen (secondary N) is 2. The molecule has 1 aromatic rings. The number of anilines is 1. The minimum Gasteiger partial charge on any atom is -0.480 e. The molecule has 0 unspecified atom stereocenters. The number of rotatable bonds is 6. The van der Waals surface area contributed by atoms with Crippen LogP contribution in [0, 0.1) is 0 Å². The Morgan fingerprint density at radius 1 is 1.32 bits per heavy atom. The van der Waals surface area contributed by atoms with Gasteiger partial charge in [-0.15, -0.1) is 11.8 Å². The SMILES string of the molecule is CCC[C@@H](NC(=O)Nc1ccc(SC)cc1)C(=O)O. The van der Waals surface area contributed by atoms with E-state index in [1.54, 1.807) is 23.9 Å². The second-order valence-corrected chi connectivity index (χ2v) is 4.89. The van der Waals surface area contributed by atoms with E-state index in [1.807, 2.05) is 25.3 Å². The third-order valence-corrected chi connectivity index (χ3v) is 3.27. The van der Waals surface area contributed by atoms with Crippen molar-refractivity contribution in [3.63, 3.8) is 0 Å². The molecule has 1 aromatic carbocycles. The molecule has 1 rings (SSSR count). The predicted molar refractivity (Wildman–Crippen MR) is 76.7 cm³/mol. The molecule has 3 N–H and O–H groups in total. The highest BCUT2D eigenvalue weighted by Crippen LogP contribution is 2.17. The van der Waals surface area contributed by atoms with E-state index in [9.17, 15) is 9.59 Å². The highest BCUT2D eigenvalue weighted by Gasteiger charge is 2.18. The molecule has 0 aliphatic heterocycles. The van der Waals surface area contributed by atoms with Gasteiger partial charge in [0.05, 0.1) is 0 Å². The molecule has 0 aromatic heterocycles. The Kier molecular flexibility index (Phi) is 6.21. The molecule has 0 heterocycles. The van der Waals surface area contributed by atoms with Gasteiger partial charge in [0.2, 0.25) is 0 Å². The molecule has 0 fully saturated rings. The van der Waals surface area contributed by atoms with Gasteiger partial charge in [0.15, 0.2) is 0 Å². The van der Waals surface area contributed by atoms with Crippen LogP contribution in [0.1, 0.15) is 19.8 Å². The number of aliphatic carboxylic acids is 1. The number of carboxylic acids is 1. The first-order chi connectivity index (χ1) is 9.06. The van der Waals surface area contributed by atoms with Crippen molar-refractivity contribution in [1.29, 1.82) is 0 Å². The van der Waals surface area contributed by atoms with Crippen LogP contribution < -0.4 is 10.6 Å². The number of carboxylic acid groups (broad SMARTS) is 1. The first-order valence-corrected chi connectivity index (χ1v) is 7.23. The van der Waals surface area contributed by atoms with Crippen molar-refractivity contribution in [3.8, 4) is 0 Å². The van der Waals surface area contributed by atoms with Gasteiger partial charge < -0.3 is 15.7 Å². The number of carbonyl (C=O) groups is 2. The summed E-state index contributed by atoms with van der Waals surface area (Å²) in [6, 6.07) is 5.98. The Morgan fingerprint density at radius 3 is 2.42 bits per heavy atom. The molecule has 0 saturated carbocycles. The van der Waals surface area contributed by atoms with Crippen LogP contribution in [0.25, 0.3) is 0 Å². The molecule has 2 amide bonds. The zero-order valence-corrected chi connectivity index (χ0v) is 11.8. The van der Waals surface area contributed by atoms with Crippen LogP contribution >= 0.6 is 11.8 Å².